The fraction of sp³-hybridized carbons (Fsp3) is 0.407. The maximum absolute atomic E-state index is 13.2. The maximum Gasteiger partial charge on any atom is 0.315 e. The third-order valence-electron chi connectivity index (χ3n) is 6.75. The van der Waals surface area contributed by atoms with Crippen molar-refractivity contribution >= 4 is 11.8 Å². The number of nitrogens with one attached hydrogen (secondary N) is 2. The van der Waals surface area contributed by atoms with Crippen LogP contribution in [0.2, 0.25) is 0 Å². The van der Waals surface area contributed by atoms with Crippen LogP contribution < -0.4 is 10.6 Å². The van der Waals surface area contributed by atoms with Crippen molar-refractivity contribution in [2.24, 2.45) is 0 Å². The molecule has 1 unspecified atom stereocenters. The predicted octanol–water partition coefficient (Wildman–Crippen LogP) is 4.06. The zero-order valence-electron chi connectivity index (χ0n) is 20.9. The molecule has 1 fully saturated rings. The van der Waals surface area contributed by atoms with Crippen molar-refractivity contribution in [3.63, 3.8) is 0 Å². The number of likely N-dealkylation sites (tertiary alicyclic amines) is 1. The van der Waals surface area contributed by atoms with E-state index in [1.165, 1.54) is 5.56 Å². The first-order valence-electron chi connectivity index (χ1n) is 12.4. The van der Waals surface area contributed by atoms with Crippen molar-refractivity contribution < 1.29 is 22.9 Å². The van der Waals surface area contributed by atoms with E-state index in [0.29, 0.717) is 17.9 Å². The van der Waals surface area contributed by atoms with Gasteiger partial charge in [-0.05, 0) is 49.9 Å². The van der Waals surface area contributed by atoms with Crippen LogP contribution in [-0.2, 0) is 16.1 Å². The first kappa shape index (κ1) is 26.4. The third-order valence-corrected chi connectivity index (χ3v) is 6.75. The molecule has 4 rings (SSSR count). The number of hydrogen-bond acceptors (Lipinski definition) is 6. The highest BCUT2D eigenvalue weighted by Gasteiger charge is 2.34. The Morgan fingerprint density at radius 1 is 1.14 bits per heavy atom. The molecule has 3 atom stereocenters. The number of hydrogen-bond donors (Lipinski definition) is 2. The topological polar surface area (TPSA) is 100 Å². The quantitative estimate of drug-likeness (QED) is 0.449. The number of piperidine rings is 1. The first-order valence-corrected chi connectivity index (χ1v) is 12.4. The summed E-state index contributed by atoms with van der Waals surface area (Å²) in [6.45, 7) is 5.55. The number of carbonyl (C=O) groups excluding carboxylic acids is 2. The number of rotatable bonds is 9. The van der Waals surface area contributed by atoms with E-state index >= 15 is 0 Å². The normalized spacial score (nSPS) is 18.9. The number of aromatic nitrogens is 2. The van der Waals surface area contributed by atoms with Crippen molar-refractivity contribution in [1.29, 1.82) is 0 Å². The summed E-state index contributed by atoms with van der Waals surface area (Å²) < 4.78 is 29.8. The van der Waals surface area contributed by atoms with Gasteiger partial charge in [0, 0.05) is 12.1 Å². The van der Waals surface area contributed by atoms with Gasteiger partial charge in [0.2, 0.25) is 17.6 Å². The Balaban J connectivity index is 1.29. The summed E-state index contributed by atoms with van der Waals surface area (Å²) in [5, 5.41) is 9.27. The van der Waals surface area contributed by atoms with Crippen molar-refractivity contribution in [2.45, 2.75) is 57.7 Å². The fourth-order valence-electron chi connectivity index (χ4n) is 4.62. The van der Waals surface area contributed by atoms with Crippen LogP contribution in [0.4, 0.5) is 8.78 Å². The van der Waals surface area contributed by atoms with Gasteiger partial charge in [0.25, 0.3) is 5.89 Å². The van der Waals surface area contributed by atoms with Crippen LogP contribution in [0.5, 0.6) is 0 Å². The molecule has 1 aromatic heterocycles. The molecule has 1 aliphatic heterocycles. The lowest BCUT2D eigenvalue weighted by molar-refractivity contribution is -0.132. The van der Waals surface area contributed by atoms with E-state index in [4.69, 9.17) is 0 Å². The second kappa shape index (κ2) is 12.1. The monoisotopic (exact) mass is 511 g/mol. The smallest absolute Gasteiger partial charge is 0.315 e. The molecular weight excluding hydrogens is 480 g/mol. The molecule has 2 heterocycles. The van der Waals surface area contributed by atoms with Crippen LogP contribution in [0.3, 0.4) is 0 Å². The second-order valence-electron chi connectivity index (χ2n) is 9.18. The van der Waals surface area contributed by atoms with Gasteiger partial charge >= 0.3 is 6.43 Å². The van der Waals surface area contributed by atoms with Gasteiger partial charge in [-0.3, -0.25) is 14.5 Å². The minimum atomic E-state index is -2.83. The Bertz CT molecular complexity index is 1190. The van der Waals surface area contributed by atoms with E-state index in [1.807, 2.05) is 25.1 Å². The number of likely N-dealkylation sites (N-methyl/N-ethyl adjacent to an activating group) is 1. The molecule has 0 spiro atoms. The summed E-state index contributed by atoms with van der Waals surface area (Å²) in [5.41, 5.74) is 2.55. The van der Waals surface area contributed by atoms with Crippen molar-refractivity contribution in [1.82, 2.24) is 25.7 Å². The molecule has 1 aliphatic rings. The Kier molecular flexibility index (Phi) is 8.60. The molecular formula is C27H31F2N5O3. The van der Waals surface area contributed by atoms with E-state index in [9.17, 15) is 18.4 Å². The van der Waals surface area contributed by atoms with Crippen molar-refractivity contribution in [3.8, 4) is 11.4 Å². The van der Waals surface area contributed by atoms with Gasteiger partial charge in [0.1, 0.15) is 6.04 Å². The zero-order chi connectivity index (χ0) is 26.4. The highest BCUT2D eigenvalue weighted by molar-refractivity contribution is 5.89. The Morgan fingerprint density at radius 3 is 2.51 bits per heavy atom. The molecule has 2 aromatic carbocycles. The number of carbonyl (C=O) groups is 2. The SMILES string of the molecule is CCN1CC[C@H](c2ccccc2)C[C@@H]1C(=O)NC(C)C(=O)NCc1ccc(-c2noc(C(F)F)n2)cc1. The van der Waals surface area contributed by atoms with Crippen LogP contribution in [0.1, 0.15) is 56.1 Å². The van der Waals surface area contributed by atoms with Gasteiger partial charge in [-0.2, -0.15) is 13.8 Å². The minimum absolute atomic E-state index is 0.0700. The first-order chi connectivity index (χ1) is 17.9. The second-order valence-corrected chi connectivity index (χ2v) is 9.18. The molecule has 2 N–H and O–H groups in total. The molecule has 0 saturated carbocycles. The highest BCUT2D eigenvalue weighted by atomic mass is 19.3. The van der Waals surface area contributed by atoms with Gasteiger partial charge in [0.15, 0.2) is 0 Å². The minimum Gasteiger partial charge on any atom is -0.350 e. The van der Waals surface area contributed by atoms with Gasteiger partial charge in [-0.1, -0.05) is 66.7 Å². The van der Waals surface area contributed by atoms with E-state index in [-0.39, 0.29) is 30.2 Å². The van der Waals surface area contributed by atoms with Crippen molar-refractivity contribution in [2.75, 3.05) is 13.1 Å². The number of halogens is 2. The van der Waals surface area contributed by atoms with Crippen LogP contribution in [0.25, 0.3) is 11.4 Å². The average Bonchev–Trinajstić information content (AvgIpc) is 3.43. The third kappa shape index (κ3) is 6.56. The summed E-state index contributed by atoms with van der Waals surface area (Å²) in [6.07, 6.45) is -1.12. The number of benzene rings is 2. The maximum atomic E-state index is 13.2. The van der Waals surface area contributed by atoms with Gasteiger partial charge in [-0.15, -0.1) is 0 Å². The Hall–Kier alpha value is -3.66. The summed E-state index contributed by atoms with van der Waals surface area (Å²) in [5.74, 6) is -0.788. The molecule has 2 amide bonds. The van der Waals surface area contributed by atoms with E-state index in [2.05, 4.69) is 42.3 Å². The van der Waals surface area contributed by atoms with Gasteiger partial charge in [0.05, 0.1) is 6.04 Å². The average molecular weight is 512 g/mol. The lowest BCUT2D eigenvalue weighted by Crippen LogP contribution is -2.54. The summed E-state index contributed by atoms with van der Waals surface area (Å²) in [4.78, 5) is 31.7. The van der Waals surface area contributed by atoms with E-state index < -0.39 is 18.4 Å². The largest absolute Gasteiger partial charge is 0.350 e. The van der Waals surface area contributed by atoms with Gasteiger partial charge in [-0.25, -0.2) is 0 Å². The van der Waals surface area contributed by atoms with Crippen molar-refractivity contribution in [3.05, 3.63) is 71.6 Å². The summed E-state index contributed by atoms with van der Waals surface area (Å²) in [7, 11) is 0. The standard InChI is InChI=1S/C27H31F2N5O3/c1-3-34-14-13-21(19-7-5-4-6-8-19)15-22(34)26(36)31-17(2)25(35)30-16-18-9-11-20(12-10-18)24-32-27(23(28)29)37-33-24/h4-12,17,21-23H,3,13-16H2,1-2H3,(H,30,35)(H,31,36)/t17?,21-,22+/m0/s1. The van der Waals surface area contributed by atoms with Crippen LogP contribution in [0, 0.1) is 0 Å². The lowest BCUT2D eigenvalue weighted by Gasteiger charge is -2.38. The molecule has 37 heavy (non-hydrogen) atoms. The molecule has 0 aliphatic carbocycles. The van der Waals surface area contributed by atoms with Crippen LogP contribution >= 0.6 is 0 Å². The molecule has 196 valence electrons. The Labute approximate surface area is 214 Å². The lowest BCUT2D eigenvalue weighted by atomic mass is 9.85. The predicted molar refractivity (Wildman–Crippen MR) is 134 cm³/mol. The molecule has 0 bridgehead atoms. The van der Waals surface area contributed by atoms with Crippen LogP contribution in [0.15, 0.2) is 59.1 Å². The summed E-state index contributed by atoms with van der Waals surface area (Å²) in [6, 6.07) is 16.1. The number of amides is 2. The molecule has 3 aromatic rings. The zero-order valence-corrected chi connectivity index (χ0v) is 20.9. The Morgan fingerprint density at radius 2 is 1.86 bits per heavy atom. The van der Waals surface area contributed by atoms with Crippen LogP contribution in [-0.4, -0.2) is 52.0 Å². The number of alkyl halides is 2. The molecule has 10 heteroatoms. The van der Waals surface area contributed by atoms with E-state index in [0.717, 1.165) is 25.1 Å². The fourth-order valence-corrected chi connectivity index (χ4v) is 4.62. The molecule has 8 nitrogen and oxygen atoms in total. The number of nitrogens with zero attached hydrogens (tertiary/aromatic N) is 3. The highest BCUT2D eigenvalue weighted by Crippen LogP contribution is 2.31. The van der Waals surface area contributed by atoms with Gasteiger partial charge < -0.3 is 15.2 Å². The molecule has 1 saturated heterocycles. The molecule has 0 radical (unpaired) electrons. The van der Waals surface area contributed by atoms with E-state index in [1.54, 1.807) is 31.2 Å². The summed E-state index contributed by atoms with van der Waals surface area (Å²) >= 11 is 0.